The van der Waals surface area contributed by atoms with E-state index in [1.165, 1.54) is 7.11 Å². The first kappa shape index (κ1) is 24.1. The molecule has 32 heavy (non-hydrogen) atoms. The van der Waals surface area contributed by atoms with Crippen LogP contribution >= 0.6 is 11.6 Å². The van der Waals surface area contributed by atoms with Gasteiger partial charge >= 0.3 is 0 Å². The second-order valence-corrected chi connectivity index (χ2v) is 10.8. The highest BCUT2D eigenvalue weighted by Crippen LogP contribution is 2.67. The zero-order valence-corrected chi connectivity index (χ0v) is 19.0. The molecule has 5 aliphatic rings. The molecule has 0 saturated heterocycles. The van der Waals surface area contributed by atoms with E-state index >= 15 is 0 Å². The molecule has 2 N–H and O–H groups in total. The van der Waals surface area contributed by atoms with E-state index < -0.39 is 35.4 Å². The Morgan fingerprint density at radius 1 is 1.03 bits per heavy atom. The van der Waals surface area contributed by atoms with Gasteiger partial charge in [-0.2, -0.15) is 0 Å². The van der Waals surface area contributed by atoms with Crippen LogP contribution in [0.1, 0.15) is 51.4 Å². The van der Waals surface area contributed by atoms with E-state index in [1.54, 1.807) is 0 Å². The van der Waals surface area contributed by atoms with Crippen LogP contribution in [0.4, 0.5) is 13.2 Å². The molecule has 0 aromatic carbocycles. The second kappa shape index (κ2) is 9.29. The molecule has 182 valence electrons. The maximum absolute atomic E-state index is 14.0. The predicted molar refractivity (Wildman–Crippen MR) is 112 cm³/mol. The van der Waals surface area contributed by atoms with E-state index in [9.17, 15) is 22.8 Å². The van der Waals surface area contributed by atoms with Crippen molar-refractivity contribution >= 4 is 23.4 Å². The minimum atomic E-state index is -1.37. The van der Waals surface area contributed by atoms with E-state index in [0.29, 0.717) is 32.1 Å². The topological polar surface area (TPSA) is 76.7 Å². The molecule has 0 heterocycles. The average molecular weight is 481 g/mol. The van der Waals surface area contributed by atoms with Crippen LogP contribution < -0.4 is 10.6 Å². The Balaban J connectivity index is 1.14. The van der Waals surface area contributed by atoms with Crippen molar-refractivity contribution in [2.75, 3.05) is 20.3 Å². The third kappa shape index (κ3) is 4.75. The molecule has 0 spiro atoms. The minimum absolute atomic E-state index is 0.114. The highest BCUT2D eigenvalue weighted by atomic mass is 35.5. The number of hydrogen-bond donors (Lipinski definition) is 2. The Morgan fingerprint density at radius 2 is 1.69 bits per heavy atom. The summed E-state index contributed by atoms with van der Waals surface area (Å²) < 4.78 is 52.2. The summed E-state index contributed by atoms with van der Waals surface area (Å²) in [5, 5.41) is 5.32. The van der Waals surface area contributed by atoms with Crippen molar-refractivity contribution in [1.82, 2.24) is 10.6 Å². The number of hydrogen-bond acceptors (Lipinski definition) is 4. The molecule has 6 nitrogen and oxygen atoms in total. The molecule has 0 aromatic rings. The molecule has 5 aliphatic carbocycles. The van der Waals surface area contributed by atoms with Crippen molar-refractivity contribution in [1.29, 1.82) is 0 Å². The largest absolute Gasteiger partial charge is 0.375 e. The van der Waals surface area contributed by atoms with Gasteiger partial charge in [0.05, 0.1) is 16.9 Å². The van der Waals surface area contributed by atoms with Crippen LogP contribution in [0.25, 0.3) is 0 Å². The quantitative estimate of drug-likeness (QED) is 0.524. The van der Waals surface area contributed by atoms with Gasteiger partial charge in [0.1, 0.15) is 31.2 Å². The number of nitrogens with one attached hydrogen (secondary N) is 2. The summed E-state index contributed by atoms with van der Waals surface area (Å²) in [6, 6.07) is 0. The second-order valence-electron chi connectivity index (χ2n) is 10.2. The first-order chi connectivity index (χ1) is 15.2. The molecule has 0 radical (unpaired) electrons. The van der Waals surface area contributed by atoms with Crippen molar-refractivity contribution < 1.29 is 32.2 Å². The van der Waals surface area contributed by atoms with Crippen LogP contribution in [0.15, 0.2) is 0 Å². The Kier molecular flexibility index (Phi) is 6.99. The predicted octanol–water partition coefficient (Wildman–Crippen LogP) is 2.76. The van der Waals surface area contributed by atoms with E-state index in [0.717, 1.165) is 0 Å². The van der Waals surface area contributed by atoms with Crippen LogP contribution in [0.3, 0.4) is 0 Å². The number of rotatable bonds is 8. The Morgan fingerprint density at radius 3 is 2.28 bits per heavy atom. The highest BCUT2D eigenvalue weighted by molar-refractivity contribution is 6.21. The van der Waals surface area contributed by atoms with E-state index in [1.807, 2.05) is 0 Å². The third-order valence-corrected chi connectivity index (χ3v) is 8.16. The number of ether oxygens (including phenoxy) is 2. The summed E-state index contributed by atoms with van der Waals surface area (Å²) in [7, 11) is 1.31. The molecule has 5 saturated carbocycles. The molecule has 0 aliphatic heterocycles. The Bertz CT molecular complexity index is 698. The van der Waals surface area contributed by atoms with E-state index in [4.69, 9.17) is 21.1 Å². The standard InChI is InChI=1S/C22H32ClF3N2O4/c1-31-19-16(25)4-12(5-17(19)26)7-27-20(30)21-9-22(10-21,11-21)28-18(29)8-32-13-2-3-14(23)15(24)6-13/h12-17,19H,2-11H2,1H3,(H,27,30)(H,28,29). The molecule has 2 amide bonds. The molecule has 5 rings (SSSR count). The summed E-state index contributed by atoms with van der Waals surface area (Å²) >= 11 is 5.86. The van der Waals surface area contributed by atoms with Crippen molar-refractivity contribution in [3.8, 4) is 0 Å². The molecule has 10 heteroatoms. The molecule has 5 atom stereocenters. The summed E-state index contributed by atoms with van der Waals surface area (Å²) in [4.78, 5) is 24.9. The minimum Gasteiger partial charge on any atom is -0.375 e. The van der Waals surface area contributed by atoms with Crippen molar-refractivity contribution in [3.63, 3.8) is 0 Å². The number of methoxy groups -OCH3 is 1. The fourth-order valence-corrected chi connectivity index (χ4v) is 6.22. The molecular formula is C22H32ClF3N2O4. The van der Waals surface area contributed by atoms with Gasteiger partial charge in [0.15, 0.2) is 0 Å². The lowest BCUT2D eigenvalue weighted by Gasteiger charge is -2.69. The van der Waals surface area contributed by atoms with Gasteiger partial charge in [0.2, 0.25) is 11.8 Å². The first-order valence-electron chi connectivity index (χ1n) is 11.5. The monoisotopic (exact) mass is 480 g/mol. The lowest BCUT2D eigenvalue weighted by Crippen LogP contribution is -2.78. The lowest BCUT2D eigenvalue weighted by molar-refractivity contribution is -0.185. The average Bonchev–Trinajstić information content (AvgIpc) is 2.68. The van der Waals surface area contributed by atoms with Gasteiger partial charge < -0.3 is 20.1 Å². The van der Waals surface area contributed by atoms with Crippen molar-refractivity contribution in [2.24, 2.45) is 11.3 Å². The van der Waals surface area contributed by atoms with Crippen LogP contribution in [0, 0.1) is 11.3 Å². The van der Waals surface area contributed by atoms with Gasteiger partial charge in [-0.05, 0) is 50.9 Å². The van der Waals surface area contributed by atoms with Crippen LogP contribution in [0.2, 0.25) is 0 Å². The number of carbonyl (C=O) groups excluding carboxylic acids is 2. The number of carbonyl (C=O) groups is 2. The molecule has 0 aromatic heterocycles. The van der Waals surface area contributed by atoms with E-state index in [2.05, 4.69) is 10.6 Å². The SMILES string of the molecule is COC1C(F)CC(CNC(=O)C23CC(NC(=O)COC4CCC(Cl)C(F)C4)(C2)C3)CC1F. The lowest BCUT2D eigenvalue weighted by atomic mass is 9.39. The fourth-order valence-electron chi connectivity index (χ4n) is 6.00. The Hall–Kier alpha value is -1.06. The summed E-state index contributed by atoms with van der Waals surface area (Å²) in [6.07, 6.45) is -1.83. The van der Waals surface area contributed by atoms with Crippen molar-refractivity contribution in [2.45, 2.75) is 93.0 Å². The maximum atomic E-state index is 14.0. The van der Waals surface area contributed by atoms with Gasteiger partial charge in [0, 0.05) is 25.6 Å². The number of alkyl halides is 4. The zero-order chi connectivity index (χ0) is 23.1. The van der Waals surface area contributed by atoms with Crippen LogP contribution in [0.5, 0.6) is 0 Å². The van der Waals surface area contributed by atoms with Crippen LogP contribution in [-0.2, 0) is 19.1 Å². The molecular weight excluding hydrogens is 449 g/mol. The zero-order valence-electron chi connectivity index (χ0n) is 18.3. The number of halogens is 4. The van der Waals surface area contributed by atoms with Crippen LogP contribution in [-0.4, -0.2) is 73.7 Å². The third-order valence-electron chi connectivity index (χ3n) is 7.67. The maximum Gasteiger partial charge on any atom is 0.246 e. The van der Waals surface area contributed by atoms with Gasteiger partial charge in [-0.15, -0.1) is 11.6 Å². The highest BCUT2D eigenvalue weighted by Gasteiger charge is 2.72. The van der Waals surface area contributed by atoms with Gasteiger partial charge in [-0.1, -0.05) is 0 Å². The smallest absolute Gasteiger partial charge is 0.246 e. The van der Waals surface area contributed by atoms with E-state index in [-0.39, 0.29) is 61.8 Å². The summed E-state index contributed by atoms with van der Waals surface area (Å²) in [5.74, 6) is -0.636. The van der Waals surface area contributed by atoms with Gasteiger partial charge in [-0.25, -0.2) is 13.2 Å². The van der Waals surface area contributed by atoms with Gasteiger partial charge in [0.25, 0.3) is 0 Å². The molecule has 5 unspecified atom stereocenters. The fraction of sp³-hybridized carbons (Fsp3) is 0.909. The summed E-state index contributed by atoms with van der Waals surface area (Å²) in [6.45, 7) is 0.107. The summed E-state index contributed by atoms with van der Waals surface area (Å²) in [5.41, 5.74) is -0.874. The normalized spacial score (nSPS) is 45.3. The van der Waals surface area contributed by atoms with Gasteiger partial charge in [-0.3, -0.25) is 9.59 Å². The van der Waals surface area contributed by atoms with Crippen molar-refractivity contribution in [3.05, 3.63) is 0 Å². The number of amides is 2. The first-order valence-corrected chi connectivity index (χ1v) is 11.9. The Labute approximate surface area is 191 Å². The molecule has 2 bridgehead atoms. The molecule has 5 fully saturated rings.